The van der Waals surface area contributed by atoms with Gasteiger partial charge in [-0.1, -0.05) is 44.2 Å². The second-order valence-corrected chi connectivity index (χ2v) is 20.5. The van der Waals surface area contributed by atoms with Crippen LogP contribution in [0.15, 0.2) is 59.0 Å². The summed E-state index contributed by atoms with van der Waals surface area (Å²) in [5.41, 5.74) is 2.63. The third kappa shape index (κ3) is 10.9. The number of pyridine rings is 2. The van der Waals surface area contributed by atoms with Gasteiger partial charge >= 0.3 is 0 Å². The minimum absolute atomic E-state index is 0.0181. The fourth-order valence-electron chi connectivity index (χ4n) is 10.8. The Morgan fingerprint density at radius 1 is 0.875 bits per heavy atom. The molecule has 2 saturated heterocycles. The number of fused-ring (bicyclic) bond motifs is 1. The standard InChI is InChI=1S/C53H65N11O7S/c1-32-40-30-56-53(60-48(40)64(37-15-8-9-16-37)51(69)45(32)34(3)65)58-43-20-19-38(29-55-43)61-23-25-62(26-24-61)44(66)21-27-71-39-17-10-14-36(28-39)47(67)41-31-72-50(57-41)42-18-11-22-63(42)52(70)46(35-12-6-5-7-13-35)59-49(68)33(2)54-4/h10,14,17,19-20,28-31,33,35,37,42,46,54H,5-9,11-13,15-16,18,21-27H2,1-4H3,(H,59,68)(H,55,56,58,60)/t33?,42?,46-/m0/s1. The van der Waals surface area contributed by atoms with E-state index in [-0.39, 0.29) is 71.4 Å². The molecule has 2 saturated carbocycles. The number of aryl methyl sites for hydroxylation is 1. The molecular weight excluding hydrogens is 935 g/mol. The van der Waals surface area contributed by atoms with E-state index >= 15 is 0 Å². The summed E-state index contributed by atoms with van der Waals surface area (Å²) in [6.45, 7) is 8.04. The first-order valence-electron chi connectivity index (χ1n) is 25.6. The van der Waals surface area contributed by atoms with Crippen LogP contribution in [-0.4, -0.2) is 122 Å². The summed E-state index contributed by atoms with van der Waals surface area (Å²) in [5, 5.41) is 12.4. The topological polar surface area (TPSA) is 214 Å². The molecule has 19 heteroatoms. The van der Waals surface area contributed by atoms with E-state index in [1.165, 1.54) is 18.3 Å². The van der Waals surface area contributed by atoms with Gasteiger partial charge in [0.2, 0.25) is 29.5 Å². The van der Waals surface area contributed by atoms with Gasteiger partial charge in [-0.15, -0.1) is 11.3 Å². The Labute approximate surface area is 423 Å². The van der Waals surface area contributed by atoms with E-state index in [1.54, 1.807) is 67.5 Å². The number of carbonyl (C=O) groups excluding carboxylic acids is 5. The van der Waals surface area contributed by atoms with Gasteiger partial charge < -0.3 is 35.4 Å². The van der Waals surface area contributed by atoms with Crippen molar-refractivity contribution in [3.63, 3.8) is 0 Å². The number of anilines is 3. The predicted molar refractivity (Wildman–Crippen MR) is 275 cm³/mol. The summed E-state index contributed by atoms with van der Waals surface area (Å²) in [6.07, 6.45) is 13.9. The molecule has 72 heavy (non-hydrogen) atoms. The minimum atomic E-state index is -0.598. The van der Waals surface area contributed by atoms with Crippen molar-refractivity contribution in [3.8, 4) is 5.75 Å². The van der Waals surface area contributed by atoms with Crippen LogP contribution in [0.2, 0.25) is 0 Å². The Balaban J connectivity index is 0.754. The molecule has 4 aliphatic rings. The first-order valence-corrected chi connectivity index (χ1v) is 26.5. The van der Waals surface area contributed by atoms with Crippen LogP contribution in [0.5, 0.6) is 5.75 Å². The Morgan fingerprint density at radius 2 is 1.64 bits per heavy atom. The molecule has 4 fully saturated rings. The summed E-state index contributed by atoms with van der Waals surface area (Å²) >= 11 is 1.38. The number of carbonyl (C=O) groups is 5. The molecule has 2 aliphatic heterocycles. The van der Waals surface area contributed by atoms with Crippen molar-refractivity contribution < 1.29 is 28.7 Å². The highest BCUT2D eigenvalue weighted by Crippen LogP contribution is 2.37. The number of rotatable bonds is 17. The fourth-order valence-corrected chi connectivity index (χ4v) is 11.8. The van der Waals surface area contributed by atoms with E-state index in [0.717, 1.165) is 76.3 Å². The van der Waals surface area contributed by atoms with Crippen molar-refractivity contribution in [3.05, 3.63) is 91.9 Å². The SMILES string of the molecule is CNC(C)C(=O)N[C@H](C(=O)N1CCCC1c1nc(C(=O)c2cccc(OCCC(=O)N3CCN(c4ccc(Nc5ncc6c(C)c(C(C)=O)c(=O)n(C7CCCC7)c6n5)nc4)CC3)c2)cs1)C1CCCCC1. The second kappa shape index (κ2) is 22.4. The summed E-state index contributed by atoms with van der Waals surface area (Å²) in [6, 6.07) is 9.41. The molecule has 9 rings (SSSR count). The Hall–Kier alpha value is -6.60. The summed E-state index contributed by atoms with van der Waals surface area (Å²) in [5.74, 6) is 0.602. The van der Waals surface area contributed by atoms with Crippen molar-refractivity contribution in [2.75, 3.05) is 56.6 Å². The molecule has 3 amide bonds. The van der Waals surface area contributed by atoms with E-state index in [2.05, 4.69) is 30.8 Å². The first-order chi connectivity index (χ1) is 34.9. The van der Waals surface area contributed by atoms with Gasteiger partial charge in [-0.05, 0) is 102 Å². The minimum Gasteiger partial charge on any atom is -0.493 e. The highest BCUT2D eigenvalue weighted by molar-refractivity contribution is 7.10. The maximum atomic E-state index is 14.2. The molecule has 0 radical (unpaired) electrons. The number of piperazine rings is 1. The lowest BCUT2D eigenvalue weighted by molar-refractivity contribution is -0.139. The molecule has 3 N–H and O–H groups in total. The van der Waals surface area contributed by atoms with Crippen LogP contribution >= 0.6 is 11.3 Å². The summed E-state index contributed by atoms with van der Waals surface area (Å²) in [7, 11) is 1.73. The fraction of sp³-hybridized carbons (Fsp3) is 0.509. The van der Waals surface area contributed by atoms with Crippen molar-refractivity contribution in [2.24, 2.45) is 5.92 Å². The van der Waals surface area contributed by atoms with Crippen molar-refractivity contribution in [1.29, 1.82) is 0 Å². The number of ether oxygens (including phenoxy) is 1. The molecule has 380 valence electrons. The molecule has 4 aromatic heterocycles. The number of likely N-dealkylation sites (tertiary alicyclic amines) is 1. The van der Waals surface area contributed by atoms with E-state index < -0.39 is 12.1 Å². The number of hydrogen-bond donors (Lipinski definition) is 3. The molecule has 1 aromatic carbocycles. The highest BCUT2D eigenvalue weighted by atomic mass is 32.1. The summed E-state index contributed by atoms with van der Waals surface area (Å²) in [4.78, 5) is 105. The lowest BCUT2D eigenvalue weighted by Gasteiger charge is -2.36. The second-order valence-electron chi connectivity index (χ2n) is 19.6. The third-order valence-electron chi connectivity index (χ3n) is 15.0. The number of Topliss-reactive ketones (excluding diaryl/α,β-unsaturated/α-hetero) is 1. The van der Waals surface area contributed by atoms with E-state index in [0.29, 0.717) is 83.1 Å². The smallest absolute Gasteiger partial charge is 0.263 e. The average Bonchev–Trinajstić information content (AvgIpc) is 4.22. The van der Waals surface area contributed by atoms with Crippen LogP contribution < -0.4 is 31.1 Å². The first kappa shape index (κ1) is 50.3. The number of nitrogens with one attached hydrogen (secondary N) is 3. The van der Waals surface area contributed by atoms with Crippen LogP contribution in [0.1, 0.15) is 140 Å². The molecule has 2 aliphatic carbocycles. The van der Waals surface area contributed by atoms with Gasteiger partial charge in [-0.2, -0.15) is 4.98 Å². The van der Waals surface area contributed by atoms with Crippen molar-refractivity contribution >= 4 is 69.1 Å². The Bertz CT molecular complexity index is 2870. The Morgan fingerprint density at radius 3 is 2.36 bits per heavy atom. The van der Waals surface area contributed by atoms with Crippen LogP contribution in [0.25, 0.3) is 11.0 Å². The molecule has 6 heterocycles. The number of likely N-dealkylation sites (N-methyl/N-ethyl adjacent to an activating group) is 1. The number of aromatic nitrogens is 5. The molecule has 3 atom stereocenters. The van der Waals surface area contributed by atoms with Gasteiger partial charge in [0, 0.05) is 61.3 Å². The maximum Gasteiger partial charge on any atom is 0.263 e. The number of amides is 3. The average molecular weight is 1000 g/mol. The van der Waals surface area contributed by atoms with Crippen molar-refractivity contribution in [1.82, 2.24) is 44.9 Å². The number of hydrogen-bond acceptors (Lipinski definition) is 15. The van der Waals surface area contributed by atoms with E-state index in [1.807, 2.05) is 21.9 Å². The zero-order valence-electron chi connectivity index (χ0n) is 41.7. The molecule has 0 spiro atoms. The van der Waals surface area contributed by atoms with Crippen molar-refractivity contribution in [2.45, 2.75) is 122 Å². The van der Waals surface area contributed by atoms with Crippen LogP contribution in [0.4, 0.5) is 17.5 Å². The lowest BCUT2D eigenvalue weighted by atomic mass is 9.83. The van der Waals surface area contributed by atoms with Gasteiger partial charge in [-0.25, -0.2) is 15.0 Å². The van der Waals surface area contributed by atoms with Crippen LogP contribution in [0, 0.1) is 12.8 Å². The predicted octanol–water partition coefficient (Wildman–Crippen LogP) is 6.70. The van der Waals surface area contributed by atoms with Gasteiger partial charge in [0.1, 0.15) is 34.0 Å². The monoisotopic (exact) mass is 999 g/mol. The number of ketones is 2. The quantitative estimate of drug-likeness (QED) is 0.0828. The number of nitrogens with zero attached hydrogens (tertiary/aromatic N) is 8. The van der Waals surface area contributed by atoms with Gasteiger partial charge in [-0.3, -0.25) is 33.3 Å². The molecule has 5 aromatic rings. The van der Waals surface area contributed by atoms with Crippen LogP contribution in [-0.2, 0) is 14.4 Å². The highest BCUT2D eigenvalue weighted by Gasteiger charge is 2.40. The van der Waals surface area contributed by atoms with Gasteiger partial charge in [0.05, 0.1) is 42.6 Å². The molecule has 2 unspecified atom stereocenters. The number of benzene rings is 1. The largest absolute Gasteiger partial charge is 0.493 e. The van der Waals surface area contributed by atoms with Gasteiger partial charge in [0.25, 0.3) is 5.56 Å². The summed E-state index contributed by atoms with van der Waals surface area (Å²) < 4.78 is 7.70. The molecular formula is C53H65N11O7S. The van der Waals surface area contributed by atoms with E-state index in [4.69, 9.17) is 14.7 Å². The van der Waals surface area contributed by atoms with Gasteiger partial charge in [0.15, 0.2) is 5.78 Å². The molecule has 0 bridgehead atoms. The lowest BCUT2D eigenvalue weighted by Crippen LogP contribution is -2.55. The molecule has 18 nitrogen and oxygen atoms in total. The normalized spacial score (nSPS) is 18.6. The zero-order valence-corrected chi connectivity index (χ0v) is 42.5. The maximum absolute atomic E-state index is 14.2. The third-order valence-corrected chi connectivity index (χ3v) is 15.9. The Kier molecular flexibility index (Phi) is 15.7. The van der Waals surface area contributed by atoms with Crippen LogP contribution in [0.3, 0.4) is 0 Å². The van der Waals surface area contributed by atoms with E-state index in [9.17, 15) is 28.8 Å². The number of thiazole rings is 1. The zero-order chi connectivity index (χ0) is 50.5.